The molecule has 7 heavy (non-hydrogen) atoms. The maximum atomic E-state index is 4.06. The summed E-state index contributed by atoms with van der Waals surface area (Å²) in [7, 11) is 2.01. The largest absolute Gasteiger partial charge is 0.277 e. The second-order valence-electron chi connectivity index (χ2n) is 1.74. The van der Waals surface area contributed by atoms with Gasteiger partial charge in [-0.2, -0.15) is 0 Å². The monoisotopic (exact) mass is 97.1 g/mol. The minimum Gasteiger partial charge on any atom is -0.277 e. The van der Waals surface area contributed by atoms with E-state index in [9.17, 15) is 0 Å². The summed E-state index contributed by atoms with van der Waals surface area (Å²) in [6.07, 6.45) is 2.19. The summed E-state index contributed by atoms with van der Waals surface area (Å²) in [6, 6.07) is 0. The van der Waals surface area contributed by atoms with Crippen LogP contribution in [0.1, 0.15) is 6.92 Å². The highest BCUT2D eigenvalue weighted by atomic mass is 15.2. The molecule has 0 aliphatic carbocycles. The minimum absolute atomic E-state index is 0.361. The third kappa shape index (κ3) is 0.800. The van der Waals surface area contributed by atoms with Crippen LogP contribution in [-0.2, 0) is 0 Å². The Hall–Kier alpha value is -0.370. The van der Waals surface area contributed by atoms with Crippen LogP contribution in [0.3, 0.4) is 0 Å². The fourth-order valence-corrected chi connectivity index (χ4v) is 0.498. The van der Waals surface area contributed by atoms with Crippen LogP contribution < -0.4 is 0 Å². The number of nitrogens with zero attached hydrogens (tertiary/aromatic N) is 2. The summed E-state index contributed by atoms with van der Waals surface area (Å²) >= 11 is 0. The zero-order chi connectivity index (χ0) is 5.28. The van der Waals surface area contributed by atoms with Crippen molar-refractivity contribution in [2.75, 3.05) is 7.05 Å². The molecule has 1 heterocycles. The van der Waals surface area contributed by atoms with E-state index in [0.717, 1.165) is 0 Å². The van der Waals surface area contributed by atoms with Crippen LogP contribution in [0.2, 0.25) is 0 Å². The molecule has 1 rings (SSSR count). The number of hydrogen-bond donors (Lipinski definition) is 0. The average molecular weight is 97.1 g/mol. The van der Waals surface area contributed by atoms with Gasteiger partial charge in [-0.25, -0.2) is 0 Å². The van der Waals surface area contributed by atoms with E-state index in [0.29, 0.717) is 6.17 Å². The highest BCUT2D eigenvalue weighted by molar-refractivity contribution is 5.69. The zero-order valence-corrected chi connectivity index (χ0v) is 4.63. The molecule has 0 aromatic carbocycles. The van der Waals surface area contributed by atoms with Gasteiger partial charge in [0.1, 0.15) is 0 Å². The molecule has 2 nitrogen and oxygen atoms in total. The summed E-state index contributed by atoms with van der Waals surface area (Å²) < 4.78 is 0. The zero-order valence-electron chi connectivity index (χ0n) is 4.63. The van der Waals surface area contributed by atoms with Gasteiger partial charge in [0.25, 0.3) is 0 Å². The molecule has 0 saturated carbocycles. The first-order valence-corrected chi connectivity index (χ1v) is 2.39. The second-order valence-corrected chi connectivity index (χ2v) is 1.74. The normalized spacial score (nSPS) is 32.0. The lowest BCUT2D eigenvalue weighted by atomic mass is 10.5. The van der Waals surface area contributed by atoms with Gasteiger partial charge < -0.3 is 0 Å². The molecule has 0 fully saturated rings. The molecule has 1 atom stereocenters. The van der Waals surface area contributed by atoms with Crippen molar-refractivity contribution in [1.29, 1.82) is 0 Å². The summed E-state index contributed by atoms with van der Waals surface area (Å²) in [5, 5.41) is 0. The molecule has 0 spiro atoms. The molecule has 1 radical (unpaired) electrons. The van der Waals surface area contributed by atoms with Crippen molar-refractivity contribution in [2.24, 2.45) is 4.99 Å². The van der Waals surface area contributed by atoms with Crippen molar-refractivity contribution in [1.82, 2.24) is 4.90 Å². The van der Waals surface area contributed by atoms with Crippen molar-refractivity contribution >= 4 is 6.21 Å². The molecule has 2 heteroatoms. The molecule has 0 amide bonds. The maximum absolute atomic E-state index is 4.06. The first-order chi connectivity index (χ1) is 3.30. The van der Waals surface area contributed by atoms with Gasteiger partial charge in [-0.3, -0.25) is 9.89 Å². The molecule has 0 N–H and O–H groups in total. The maximum Gasteiger partial charge on any atom is 0.0990 e. The topological polar surface area (TPSA) is 15.6 Å². The van der Waals surface area contributed by atoms with Gasteiger partial charge in [0.15, 0.2) is 0 Å². The molecular weight excluding hydrogens is 88.1 g/mol. The van der Waals surface area contributed by atoms with E-state index in [1.54, 1.807) is 0 Å². The van der Waals surface area contributed by atoms with Crippen molar-refractivity contribution in [2.45, 2.75) is 13.1 Å². The van der Waals surface area contributed by atoms with Gasteiger partial charge in [-0.1, -0.05) is 0 Å². The smallest absolute Gasteiger partial charge is 0.0990 e. The highest BCUT2D eigenvalue weighted by Crippen LogP contribution is 2.03. The Bertz CT molecular complexity index is 88.1. The number of aliphatic imine (C=N–C) groups is 1. The molecule has 1 aliphatic heterocycles. The van der Waals surface area contributed by atoms with Gasteiger partial charge in [0.2, 0.25) is 0 Å². The summed E-state index contributed by atoms with van der Waals surface area (Å²) in [5.41, 5.74) is 0. The van der Waals surface area contributed by atoms with Crippen LogP contribution in [0.5, 0.6) is 0 Å². The van der Waals surface area contributed by atoms with Crippen molar-refractivity contribution in [3.63, 3.8) is 0 Å². The van der Waals surface area contributed by atoms with E-state index < -0.39 is 0 Å². The molecule has 0 saturated heterocycles. The van der Waals surface area contributed by atoms with Gasteiger partial charge in [0, 0.05) is 6.21 Å². The van der Waals surface area contributed by atoms with Crippen LogP contribution in [0.25, 0.3) is 0 Å². The Morgan fingerprint density at radius 2 is 2.43 bits per heavy atom. The van der Waals surface area contributed by atoms with Crippen LogP contribution in [0.4, 0.5) is 0 Å². The Morgan fingerprint density at radius 1 is 1.71 bits per heavy atom. The lowest BCUT2D eigenvalue weighted by molar-refractivity contribution is 0.365. The fraction of sp³-hybridized carbons (Fsp3) is 0.600. The third-order valence-corrected chi connectivity index (χ3v) is 1.19. The lowest BCUT2D eigenvalue weighted by Crippen LogP contribution is -2.18. The van der Waals surface area contributed by atoms with Crippen LogP contribution >= 0.6 is 0 Å². The number of hydrogen-bond acceptors (Lipinski definition) is 2. The van der Waals surface area contributed by atoms with Crippen molar-refractivity contribution in [3.8, 4) is 0 Å². The van der Waals surface area contributed by atoms with Gasteiger partial charge in [0.05, 0.1) is 12.7 Å². The van der Waals surface area contributed by atoms with Crippen molar-refractivity contribution < 1.29 is 0 Å². The van der Waals surface area contributed by atoms with E-state index in [-0.39, 0.29) is 0 Å². The Morgan fingerprint density at radius 3 is 2.57 bits per heavy atom. The van der Waals surface area contributed by atoms with Gasteiger partial charge in [-0.05, 0) is 14.0 Å². The second kappa shape index (κ2) is 1.62. The van der Waals surface area contributed by atoms with E-state index in [1.165, 1.54) is 0 Å². The van der Waals surface area contributed by atoms with Gasteiger partial charge in [-0.15, -0.1) is 0 Å². The first-order valence-electron chi connectivity index (χ1n) is 2.39. The summed E-state index contributed by atoms with van der Waals surface area (Å²) in [5.74, 6) is 0. The fourth-order valence-electron chi connectivity index (χ4n) is 0.498. The SMILES string of the molecule is CC1N=C[CH]N1C. The molecule has 0 bridgehead atoms. The van der Waals surface area contributed by atoms with E-state index in [1.807, 2.05) is 19.8 Å². The van der Waals surface area contributed by atoms with Gasteiger partial charge >= 0.3 is 0 Å². The Kier molecular flexibility index (Phi) is 1.11. The first kappa shape index (κ1) is 4.78. The predicted molar refractivity (Wildman–Crippen MR) is 30.0 cm³/mol. The third-order valence-electron chi connectivity index (χ3n) is 1.19. The summed E-state index contributed by atoms with van der Waals surface area (Å²) in [4.78, 5) is 6.12. The molecular formula is C5H9N2. The molecule has 1 unspecified atom stereocenters. The van der Waals surface area contributed by atoms with Crippen LogP contribution in [-0.4, -0.2) is 24.3 Å². The average Bonchev–Trinajstić information content (AvgIpc) is 1.91. The highest BCUT2D eigenvalue weighted by Gasteiger charge is 2.09. The lowest BCUT2D eigenvalue weighted by Gasteiger charge is -2.09. The minimum atomic E-state index is 0.361. The Balaban J connectivity index is 2.45. The predicted octanol–water partition coefficient (Wildman–Crippen LogP) is 0.510. The molecule has 1 aliphatic rings. The van der Waals surface area contributed by atoms with E-state index in [2.05, 4.69) is 16.8 Å². The van der Waals surface area contributed by atoms with Crippen LogP contribution in [0, 0.1) is 6.54 Å². The quantitative estimate of drug-likeness (QED) is 0.430. The molecule has 39 valence electrons. The van der Waals surface area contributed by atoms with E-state index in [4.69, 9.17) is 0 Å². The standard InChI is InChI=1S/C5H9N2/c1-5-6-3-4-7(5)2/h3-5H,1-2H3. The summed E-state index contributed by atoms with van der Waals surface area (Å²) in [6.45, 7) is 4.02. The number of rotatable bonds is 0. The van der Waals surface area contributed by atoms with Crippen LogP contribution in [0.15, 0.2) is 4.99 Å². The molecule has 0 aromatic heterocycles. The molecule has 0 aromatic rings. The van der Waals surface area contributed by atoms with Crippen molar-refractivity contribution in [3.05, 3.63) is 6.54 Å². The Labute approximate surface area is 43.8 Å². The van der Waals surface area contributed by atoms with E-state index >= 15 is 0 Å².